The first kappa shape index (κ1) is 15.7. The average molecular weight is 340 g/mol. The zero-order valence-corrected chi connectivity index (χ0v) is 14.8. The van der Waals surface area contributed by atoms with Gasteiger partial charge in [0, 0.05) is 59.1 Å². The van der Waals surface area contributed by atoms with Gasteiger partial charge in [-0.25, -0.2) is 0 Å². The number of rotatable bonds is 3. The van der Waals surface area contributed by atoms with Crippen molar-refractivity contribution >= 4 is 22.5 Å². The predicted octanol–water partition coefficient (Wildman–Crippen LogP) is 4.53. The molecular weight excluding hydrogens is 318 g/mol. The fourth-order valence-corrected chi connectivity index (χ4v) is 4.19. The molecule has 1 N–H and O–H groups in total. The van der Waals surface area contributed by atoms with Gasteiger partial charge >= 0.3 is 0 Å². The van der Waals surface area contributed by atoms with Gasteiger partial charge in [0.25, 0.3) is 0 Å². The minimum absolute atomic E-state index is 0.354. The number of nitrogens with zero attached hydrogens (tertiary/aromatic N) is 2. The highest BCUT2D eigenvalue weighted by atomic mass is 35.5. The summed E-state index contributed by atoms with van der Waals surface area (Å²) in [6, 6.07) is 11.3. The summed E-state index contributed by atoms with van der Waals surface area (Å²) >= 11 is 6.28. The van der Waals surface area contributed by atoms with Crippen LogP contribution >= 0.6 is 11.6 Å². The van der Waals surface area contributed by atoms with Crippen LogP contribution in [0.5, 0.6) is 0 Å². The largest absolute Gasteiger partial charge is 0.344 e. The van der Waals surface area contributed by atoms with E-state index in [1.54, 1.807) is 0 Å². The lowest BCUT2D eigenvalue weighted by molar-refractivity contribution is 0.433. The van der Waals surface area contributed by atoms with Crippen LogP contribution in [0.25, 0.3) is 10.9 Å². The third-order valence-corrected chi connectivity index (χ3v) is 5.25. The van der Waals surface area contributed by atoms with Crippen molar-refractivity contribution in [3.05, 3.63) is 64.6 Å². The van der Waals surface area contributed by atoms with E-state index in [4.69, 9.17) is 11.6 Å². The molecule has 0 fully saturated rings. The fraction of sp³-hybridized carbons (Fsp3) is 0.350. The Hall–Kier alpha value is -1.84. The van der Waals surface area contributed by atoms with Gasteiger partial charge in [-0.3, -0.25) is 4.98 Å². The number of hydrogen-bond acceptors (Lipinski definition) is 2. The van der Waals surface area contributed by atoms with Crippen LogP contribution < -0.4 is 5.32 Å². The Morgan fingerprint density at radius 2 is 2.00 bits per heavy atom. The van der Waals surface area contributed by atoms with E-state index in [2.05, 4.69) is 53.0 Å². The molecule has 0 amide bonds. The van der Waals surface area contributed by atoms with Gasteiger partial charge < -0.3 is 9.88 Å². The minimum Gasteiger partial charge on any atom is -0.344 e. The smallest absolute Gasteiger partial charge is 0.0487 e. The third kappa shape index (κ3) is 2.72. The molecule has 4 rings (SSSR count). The molecule has 0 spiro atoms. The van der Waals surface area contributed by atoms with E-state index in [9.17, 15) is 0 Å². The van der Waals surface area contributed by atoms with Crippen LogP contribution in [0.15, 0.2) is 42.7 Å². The van der Waals surface area contributed by atoms with Gasteiger partial charge in [0.15, 0.2) is 0 Å². The van der Waals surface area contributed by atoms with Crippen molar-refractivity contribution in [2.75, 3.05) is 0 Å². The first-order chi connectivity index (χ1) is 11.6. The van der Waals surface area contributed by atoms with Gasteiger partial charge in [0.2, 0.25) is 0 Å². The SMILES string of the molecule is CC1Cc2c(c3cc(Cl)ccc3n2CCc2ccncc2)C(C)N1. The van der Waals surface area contributed by atoms with Crippen LogP contribution in [0, 0.1) is 0 Å². The Labute approximate surface area is 147 Å². The van der Waals surface area contributed by atoms with Crippen LogP contribution in [0.3, 0.4) is 0 Å². The molecule has 1 aliphatic rings. The van der Waals surface area contributed by atoms with Crippen LogP contribution in [0.1, 0.15) is 36.7 Å². The van der Waals surface area contributed by atoms with Crippen molar-refractivity contribution in [1.82, 2.24) is 14.9 Å². The van der Waals surface area contributed by atoms with Crippen LogP contribution in [0.4, 0.5) is 0 Å². The van der Waals surface area contributed by atoms with Crippen LogP contribution in [-0.4, -0.2) is 15.6 Å². The molecule has 1 aliphatic heterocycles. The lowest BCUT2D eigenvalue weighted by Gasteiger charge is -2.28. The Balaban J connectivity index is 1.80. The van der Waals surface area contributed by atoms with Crippen molar-refractivity contribution in [2.24, 2.45) is 0 Å². The first-order valence-corrected chi connectivity index (χ1v) is 8.96. The molecule has 2 atom stereocenters. The molecule has 3 heterocycles. The summed E-state index contributed by atoms with van der Waals surface area (Å²) in [6.07, 6.45) is 5.80. The number of fused-ring (bicyclic) bond motifs is 3. The number of pyridine rings is 1. The topological polar surface area (TPSA) is 29.9 Å². The van der Waals surface area contributed by atoms with E-state index >= 15 is 0 Å². The van der Waals surface area contributed by atoms with Gasteiger partial charge in [-0.1, -0.05) is 11.6 Å². The molecule has 1 aromatic carbocycles. The number of halogens is 1. The molecule has 4 heteroatoms. The quantitative estimate of drug-likeness (QED) is 0.760. The molecule has 124 valence electrons. The summed E-state index contributed by atoms with van der Waals surface area (Å²) in [6.45, 7) is 5.50. The van der Waals surface area contributed by atoms with Crippen molar-refractivity contribution < 1.29 is 0 Å². The first-order valence-electron chi connectivity index (χ1n) is 8.59. The second kappa shape index (κ2) is 6.23. The molecule has 2 unspecified atom stereocenters. The molecule has 3 aromatic rings. The summed E-state index contributed by atoms with van der Waals surface area (Å²) in [5, 5.41) is 5.77. The molecule has 24 heavy (non-hydrogen) atoms. The molecule has 0 radical (unpaired) electrons. The minimum atomic E-state index is 0.354. The summed E-state index contributed by atoms with van der Waals surface area (Å²) in [5.41, 5.74) is 5.49. The number of aromatic nitrogens is 2. The van der Waals surface area contributed by atoms with Gasteiger partial charge in [-0.05, 0) is 61.7 Å². The predicted molar refractivity (Wildman–Crippen MR) is 99.6 cm³/mol. The Morgan fingerprint density at radius 3 is 2.79 bits per heavy atom. The molecule has 0 saturated carbocycles. The van der Waals surface area contributed by atoms with Gasteiger partial charge in [0.1, 0.15) is 0 Å². The van der Waals surface area contributed by atoms with Crippen LogP contribution in [0.2, 0.25) is 5.02 Å². The van der Waals surface area contributed by atoms with E-state index in [1.807, 2.05) is 18.5 Å². The van der Waals surface area contributed by atoms with E-state index in [0.29, 0.717) is 12.1 Å². The van der Waals surface area contributed by atoms with Crippen molar-refractivity contribution in [2.45, 2.75) is 45.3 Å². The van der Waals surface area contributed by atoms with Gasteiger partial charge in [0.05, 0.1) is 0 Å². The Bertz CT molecular complexity index is 869. The average Bonchev–Trinajstić information content (AvgIpc) is 2.86. The maximum Gasteiger partial charge on any atom is 0.0487 e. The number of aryl methyl sites for hydroxylation is 2. The molecule has 0 aliphatic carbocycles. The summed E-state index contributed by atoms with van der Waals surface area (Å²) in [7, 11) is 0. The van der Waals surface area contributed by atoms with Gasteiger partial charge in [-0.2, -0.15) is 0 Å². The zero-order valence-electron chi connectivity index (χ0n) is 14.1. The zero-order chi connectivity index (χ0) is 16.7. The van der Waals surface area contributed by atoms with Crippen molar-refractivity contribution in [3.63, 3.8) is 0 Å². The van der Waals surface area contributed by atoms with Crippen molar-refractivity contribution in [3.8, 4) is 0 Å². The van der Waals surface area contributed by atoms with E-state index in [0.717, 1.165) is 24.4 Å². The van der Waals surface area contributed by atoms with E-state index < -0.39 is 0 Å². The highest BCUT2D eigenvalue weighted by Gasteiger charge is 2.27. The van der Waals surface area contributed by atoms with Crippen LogP contribution in [-0.2, 0) is 19.4 Å². The summed E-state index contributed by atoms with van der Waals surface area (Å²) in [4.78, 5) is 4.11. The monoisotopic (exact) mass is 339 g/mol. The highest BCUT2D eigenvalue weighted by Crippen LogP contribution is 2.36. The molecule has 0 saturated heterocycles. The standard InChI is InChI=1S/C20H22ClN3/c1-13-11-19-20(14(2)23-13)17-12-16(21)3-4-18(17)24(19)10-7-15-5-8-22-9-6-15/h3-6,8-9,12-14,23H,7,10-11H2,1-2H3. The number of hydrogen-bond donors (Lipinski definition) is 1. The maximum absolute atomic E-state index is 6.28. The second-order valence-electron chi connectivity index (χ2n) is 6.77. The number of benzene rings is 1. The van der Waals surface area contributed by atoms with E-state index in [-0.39, 0.29) is 0 Å². The molecular formula is C20H22ClN3. The molecule has 0 bridgehead atoms. The molecule has 3 nitrogen and oxygen atoms in total. The lowest BCUT2D eigenvalue weighted by atomic mass is 9.95. The van der Waals surface area contributed by atoms with Gasteiger partial charge in [-0.15, -0.1) is 0 Å². The molecule has 2 aromatic heterocycles. The summed E-state index contributed by atoms with van der Waals surface area (Å²) < 4.78 is 2.50. The maximum atomic E-state index is 6.28. The fourth-order valence-electron chi connectivity index (χ4n) is 4.01. The Morgan fingerprint density at radius 1 is 1.21 bits per heavy atom. The normalized spacial score (nSPS) is 20.3. The summed E-state index contributed by atoms with van der Waals surface area (Å²) in [5.74, 6) is 0. The Kier molecular flexibility index (Phi) is 4.07. The third-order valence-electron chi connectivity index (χ3n) is 5.02. The van der Waals surface area contributed by atoms with Crippen molar-refractivity contribution in [1.29, 1.82) is 0 Å². The number of nitrogens with one attached hydrogen (secondary N) is 1. The lowest BCUT2D eigenvalue weighted by Crippen LogP contribution is -2.36. The highest BCUT2D eigenvalue weighted by molar-refractivity contribution is 6.31. The van der Waals surface area contributed by atoms with E-state index in [1.165, 1.54) is 27.7 Å². The second-order valence-corrected chi connectivity index (χ2v) is 7.21.